The largest absolute Gasteiger partial charge is 0.497 e. The van der Waals surface area contributed by atoms with Gasteiger partial charge in [0.1, 0.15) is 5.75 Å². The highest BCUT2D eigenvalue weighted by Gasteiger charge is 2.22. The number of hydrogen-bond donors (Lipinski definition) is 0. The molecular formula is C24H31N3O4S2. The van der Waals surface area contributed by atoms with Gasteiger partial charge in [-0.3, -0.25) is 9.69 Å². The number of benzene rings is 2. The summed E-state index contributed by atoms with van der Waals surface area (Å²) >= 11 is 1.44. The maximum Gasteiger partial charge on any atom is 0.228 e. The van der Waals surface area contributed by atoms with Crippen molar-refractivity contribution in [2.24, 2.45) is 0 Å². The fourth-order valence-corrected chi connectivity index (χ4v) is 5.91. The summed E-state index contributed by atoms with van der Waals surface area (Å²) in [5.41, 5.74) is 0.808. The second-order valence-corrected chi connectivity index (χ2v) is 10.8. The summed E-state index contributed by atoms with van der Waals surface area (Å²) in [6.07, 6.45) is 0.403. The Morgan fingerprint density at radius 3 is 2.45 bits per heavy atom. The minimum absolute atomic E-state index is 0.0658. The number of aromatic nitrogens is 1. The summed E-state index contributed by atoms with van der Waals surface area (Å²) in [7, 11) is -1.80. The number of sulfone groups is 1. The number of nitrogens with zero attached hydrogens (tertiary/aromatic N) is 3. The van der Waals surface area contributed by atoms with Gasteiger partial charge in [0.25, 0.3) is 0 Å². The summed E-state index contributed by atoms with van der Waals surface area (Å²) in [5.74, 6) is 0.560. The molecule has 0 atom stereocenters. The first-order chi connectivity index (χ1) is 15.9. The number of fused-ring (bicyclic) bond motifs is 1. The van der Waals surface area contributed by atoms with Crippen molar-refractivity contribution in [3.63, 3.8) is 0 Å². The molecule has 0 spiro atoms. The third-order valence-electron chi connectivity index (χ3n) is 5.56. The Bertz CT molecular complexity index is 1160. The maximum atomic E-state index is 13.2. The number of amides is 1. The zero-order valence-corrected chi connectivity index (χ0v) is 21.0. The van der Waals surface area contributed by atoms with Crippen LogP contribution in [-0.2, 0) is 14.6 Å². The molecule has 0 saturated heterocycles. The van der Waals surface area contributed by atoms with Crippen LogP contribution in [0.25, 0.3) is 10.2 Å². The SMILES string of the molecule is CCN(CC)CCN(C(=O)CCCS(=O)(=O)c1ccccc1)c1nc2ccc(OC)cc2s1. The van der Waals surface area contributed by atoms with Gasteiger partial charge in [-0.05, 0) is 49.8 Å². The Morgan fingerprint density at radius 1 is 1.06 bits per heavy atom. The van der Waals surface area contributed by atoms with Gasteiger partial charge in [0, 0.05) is 19.5 Å². The number of rotatable bonds is 12. The number of hydrogen-bond acceptors (Lipinski definition) is 7. The first-order valence-electron chi connectivity index (χ1n) is 11.1. The van der Waals surface area contributed by atoms with Gasteiger partial charge in [-0.25, -0.2) is 13.4 Å². The van der Waals surface area contributed by atoms with E-state index in [-0.39, 0.29) is 29.4 Å². The molecule has 2 aromatic carbocycles. The number of carbonyl (C=O) groups excluding carboxylic acids is 1. The quantitative estimate of drug-likeness (QED) is 0.379. The van der Waals surface area contributed by atoms with Gasteiger partial charge in [-0.2, -0.15) is 0 Å². The van der Waals surface area contributed by atoms with Gasteiger partial charge in [0.15, 0.2) is 15.0 Å². The van der Waals surface area contributed by atoms with E-state index < -0.39 is 9.84 Å². The molecule has 0 N–H and O–H groups in total. The average Bonchev–Trinajstić information content (AvgIpc) is 3.25. The fraction of sp³-hybridized carbons (Fsp3) is 0.417. The van der Waals surface area contributed by atoms with E-state index >= 15 is 0 Å². The zero-order chi connectivity index (χ0) is 23.8. The highest BCUT2D eigenvalue weighted by atomic mass is 32.2. The number of thiazole rings is 1. The van der Waals surface area contributed by atoms with Gasteiger partial charge in [0.05, 0.1) is 28.0 Å². The summed E-state index contributed by atoms with van der Waals surface area (Å²) in [5, 5.41) is 0.626. The van der Waals surface area contributed by atoms with Crippen LogP contribution in [-0.4, -0.2) is 63.3 Å². The molecule has 0 aliphatic heterocycles. The van der Waals surface area contributed by atoms with Crippen LogP contribution in [0.3, 0.4) is 0 Å². The van der Waals surface area contributed by atoms with Crippen molar-refractivity contribution in [2.75, 3.05) is 43.9 Å². The van der Waals surface area contributed by atoms with Gasteiger partial charge in [0.2, 0.25) is 5.91 Å². The van der Waals surface area contributed by atoms with Crippen molar-refractivity contribution >= 4 is 42.4 Å². The van der Waals surface area contributed by atoms with Crippen molar-refractivity contribution in [3.05, 3.63) is 48.5 Å². The molecule has 0 bridgehead atoms. The summed E-state index contributed by atoms with van der Waals surface area (Å²) in [4.78, 5) is 22.1. The van der Waals surface area contributed by atoms with E-state index in [9.17, 15) is 13.2 Å². The van der Waals surface area contributed by atoms with Gasteiger partial charge >= 0.3 is 0 Å². The van der Waals surface area contributed by atoms with Gasteiger partial charge in [-0.15, -0.1) is 0 Å². The van der Waals surface area contributed by atoms with E-state index in [4.69, 9.17) is 4.74 Å². The lowest BCUT2D eigenvalue weighted by atomic mass is 10.3. The molecular weight excluding hydrogens is 458 g/mol. The minimum atomic E-state index is -3.41. The molecule has 0 aliphatic carbocycles. The molecule has 1 aromatic heterocycles. The highest BCUT2D eigenvalue weighted by Crippen LogP contribution is 2.32. The van der Waals surface area contributed by atoms with Crippen molar-refractivity contribution in [2.45, 2.75) is 31.6 Å². The second kappa shape index (κ2) is 11.6. The fourth-order valence-electron chi connectivity index (χ4n) is 3.54. The Labute approximate surface area is 199 Å². The number of anilines is 1. The van der Waals surface area contributed by atoms with Gasteiger partial charge < -0.3 is 9.64 Å². The highest BCUT2D eigenvalue weighted by molar-refractivity contribution is 7.91. The van der Waals surface area contributed by atoms with E-state index in [0.717, 1.165) is 35.6 Å². The monoisotopic (exact) mass is 489 g/mol. The molecule has 7 nitrogen and oxygen atoms in total. The molecule has 178 valence electrons. The molecule has 0 unspecified atom stereocenters. The third-order valence-corrected chi connectivity index (χ3v) is 8.41. The van der Waals surface area contributed by atoms with Crippen LogP contribution >= 0.6 is 11.3 Å². The van der Waals surface area contributed by atoms with Crippen LogP contribution < -0.4 is 9.64 Å². The van der Waals surface area contributed by atoms with E-state index in [0.29, 0.717) is 11.7 Å². The predicted octanol–water partition coefficient (Wildman–Crippen LogP) is 4.23. The summed E-state index contributed by atoms with van der Waals surface area (Å²) in [6, 6.07) is 14.0. The van der Waals surface area contributed by atoms with Crippen molar-refractivity contribution in [1.29, 1.82) is 0 Å². The number of ether oxygens (including phenoxy) is 1. The van der Waals surface area contributed by atoms with E-state index in [1.54, 1.807) is 42.3 Å². The van der Waals surface area contributed by atoms with Crippen LogP contribution in [0.15, 0.2) is 53.4 Å². The normalized spacial score (nSPS) is 11.8. The number of likely N-dealkylation sites (N-methyl/N-ethyl adjacent to an activating group) is 1. The molecule has 0 saturated carbocycles. The van der Waals surface area contributed by atoms with Crippen molar-refractivity contribution in [3.8, 4) is 5.75 Å². The molecule has 1 amide bonds. The Kier molecular flexibility index (Phi) is 8.82. The van der Waals surface area contributed by atoms with E-state index in [1.165, 1.54) is 11.3 Å². The van der Waals surface area contributed by atoms with E-state index in [1.807, 2.05) is 18.2 Å². The lowest BCUT2D eigenvalue weighted by Gasteiger charge is -2.24. The molecule has 9 heteroatoms. The minimum Gasteiger partial charge on any atom is -0.497 e. The summed E-state index contributed by atoms with van der Waals surface area (Å²) in [6.45, 7) is 7.20. The van der Waals surface area contributed by atoms with Crippen LogP contribution in [0.2, 0.25) is 0 Å². The van der Waals surface area contributed by atoms with Crippen molar-refractivity contribution in [1.82, 2.24) is 9.88 Å². The summed E-state index contributed by atoms with van der Waals surface area (Å²) < 4.78 is 31.4. The predicted molar refractivity (Wildman–Crippen MR) is 134 cm³/mol. The second-order valence-electron chi connectivity index (χ2n) is 7.64. The van der Waals surface area contributed by atoms with Gasteiger partial charge in [-0.1, -0.05) is 43.4 Å². The Hall–Kier alpha value is -2.49. The maximum absolute atomic E-state index is 13.2. The molecule has 33 heavy (non-hydrogen) atoms. The lowest BCUT2D eigenvalue weighted by molar-refractivity contribution is -0.118. The molecule has 1 heterocycles. The Morgan fingerprint density at radius 2 is 1.79 bits per heavy atom. The first kappa shape index (κ1) is 25.1. The third kappa shape index (κ3) is 6.52. The Balaban J connectivity index is 1.75. The topological polar surface area (TPSA) is 79.8 Å². The molecule has 0 radical (unpaired) electrons. The first-order valence-corrected chi connectivity index (χ1v) is 13.6. The standard InChI is InChI=1S/C24H31N3O4S2/c1-4-26(5-2)15-16-27(24-25-21-14-13-19(31-3)18-22(21)32-24)23(28)12-9-17-33(29,30)20-10-7-6-8-11-20/h6-8,10-11,13-14,18H,4-5,9,12,15-17H2,1-3H3. The number of carbonyl (C=O) groups is 1. The van der Waals surface area contributed by atoms with Crippen molar-refractivity contribution < 1.29 is 17.9 Å². The smallest absolute Gasteiger partial charge is 0.228 e. The average molecular weight is 490 g/mol. The van der Waals surface area contributed by atoms with E-state index in [2.05, 4.69) is 23.7 Å². The molecule has 0 fully saturated rings. The zero-order valence-electron chi connectivity index (χ0n) is 19.4. The number of methoxy groups -OCH3 is 1. The molecule has 0 aliphatic rings. The molecule has 3 aromatic rings. The van der Waals surface area contributed by atoms with Crippen LogP contribution in [0.5, 0.6) is 5.75 Å². The lowest BCUT2D eigenvalue weighted by Crippen LogP contribution is -2.38. The van der Waals surface area contributed by atoms with Crippen LogP contribution in [0.1, 0.15) is 26.7 Å². The van der Waals surface area contributed by atoms with Crippen LogP contribution in [0.4, 0.5) is 5.13 Å². The van der Waals surface area contributed by atoms with Crippen LogP contribution in [0, 0.1) is 0 Å². The molecule has 3 rings (SSSR count).